The Morgan fingerprint density at radius 3 is 2.56 bits per heavy atom. The third kappa shape index (κ3) is 6.07. The van der Waals surface area contributed by atoms with Crippen LogP contribution < -0.4 is 4.74 Å². The number of nitrogens with zero attached hydrogens (tertiary/aromatic N) is 4. The molecule has 1 aliphatic heterocycles. The van der Waals surface area contributed by atoms with E-state index in [1.54, 1.807) is 23.9 Å². The maximum absolute atomic E-state index is 13.5. The van der Waals surface area contributed by atoms with E-state index in [0.717, 1.165) is 17.7 Å². The zero-order valence-corrected chi connectivity index (χ0v) is 24.9. The number of carboxylic acid groups (broad SMARTS) is 1. The summed E-state index contributed by atoms with van der Waals surface area (Å²) in [6.07, 6.45) is -4.47. The zero-order valence-electron chi connectivity index (χ0n) is 24.1. The number of halogens is 3. The molecule has 2 atom stereocenters. The largest absolute Gasteiger partial charge is 0.494 e. The number of carbonyl (C=O) groups is 1. The Balaban J connectivity index is 1.55. The number of hydrogen-bond acceptors (Lipinski definition) is 7. The highest BCUT2D eigenvalue weighted by Gasteiger charge is 2.37. The van der Waals surface area contributed by atoms with Gasteiger partial charge in [0.15, 0.2) is 0 Å². The fourth-order valence-electron chi connectivity index (χ4n) is 5.74. The number of methoxy groups -OCH3 is 1. The second-order valence-corrected chi connectivity index (χ2v) is 13.1. The van der Waals surface area contributed by atoms with Crippen LogP contribution in [0.15, 0.2) is 53.4 Å². The van der Waals surface area contributed by atoms with E-state index in [9.17, 15) is 32.2 Å². The molecule has 4 aromatic rings. The molecule has 1 aliphatic rings. The van der Waals surface area contributed by atoms with Crippen LogP contribution in [0.4, 0.5) is 13.2 Å². The minimum Gasteiger partial charge on any atom is -0.494 e. The fourth-order valence-corrected chi connectivity index (χ4v) is 7.59. The molecule has 0 saturated heterocycles. The van der Waals surface area contributed by atoms with Crippen LogP contribution in [0.2, 0.25) is 0 Å². The number of aliphatic carboxylic acids is 1. The smallest absolute Gasteiger partial charge is 0.416 e. The van der Waals surface area contributed by atoms with Crippen molar-refractivity contribution in [1.29, 1.82) is 0 Å². The van der Waals surface area contributed by atoms with E-state index >= 15 is 0 Å². The minimum absolute atomic E-state index is 0.0361. The molecule has 2 heterocycles. The molecule has 230 valence electrons. The van der Waals surface area contributed by atoms with Crippen LogP contribution in [-0.2, 0) is 31.0 Å². The lowest BCUT2D eigenvalue weighted by atomic mass is 9.86. The van der Waals surface area contributed by atoms with Crippen molar-refractivity contribution in [3.8, 4) is 5.75 Å². The Labute approximate surface area is 248 Å². The highest BCUT2D eigenvalue weighted by atomic mass is 32.3. The van der Waals surface area contributed by atoms with Crippen molar-refractivity contribution < 1.29 is 36.9 Å². The summed E-state index contributed by atoms with van der Waals surface area (Å²) in [7, 11) is -0.537. The van der Waals surface area contributed by atoms with E-state index in [2.05, 4.69) is 10.3 Å². The zero-order chi connectivity index (χ0) is 31.3. The Morgan fingerprint density at radius 2 is 1.88 bits per heavy atom. The maximum atomic E-state index is 13.5. The van der Waals surface area contributed by atoms with E-state index in [1.807, 2.05) is 32.0 Å². The first-order chi connectivity index (χ1) is 20.2. The maximum Gasteiger partial charge on any atom is 0.416 e. The Bertz CT molecular complexity index is 1690. The van der Waals surface area contributed by atoms with Crippen molar-refractivity contribution in [3.63, 3.8) is 0 Å². The average molecular weight is 619 g/mol. The van der Waals surface area contributed by atoms with Crippen LogP contribution in [0.3, 0.4) is 0 Å². The molecule has 43 heavy (non-hydrogen) atoms. The number of benzene rings is 3. The molecule has 3 aromatic carbocycles. The third-order valence-electron chi connectivity index (χ3n) is 7.94. The van der Waals surface area contributed by atoms with Gasteiger partial charge in [-0.1, -0.05) is 36.4 Å². The van der Waals surface area contributed by atoms with Crippen LogP contribution in [0.5, 0.6) is 5.75 Å². The van der Waals surface area contributed by atoms with Gasteiger partial charge in [0.1, 0.15) is 16.8 Å². The summed E-state index contributed by atoms with van der Waals surface area (Å²) in [6.45, 7) is 4.04. The van der Waals surface area contributed by atoms with Gasteiger partial charge in [0, 0.05) is 26.1 Å². The lowest BCUT2D eigenvalue weighted by Gasteiger charge is -2.43. The van der Waals surface area contributed by atoms with E-state index in [1.165, 1.54) is 17.5 Å². The summed E-state index contributed by atoms with van der Waals surface area (Å²) in [5.74, 6) is -1.20. The van der Waals surface area contributed by atoms with Gasteiger partial charge in [0.25, 0.3) is 0 Å². The van der Waals surface area contributed by atoms with Gasteiger partial charge in [-0.15, -0.1) is 15.9 Å². The van der Waals surface area contributed by atoms with Gasteiger partial charge < -0.3 is 9.84 Å². The second-order valence-electron chi connectivity index (χ2n) is 11.1. The number of aryl methyl sites for hydroxylation is 2. The van der Waals surface area contributed by atoms with Crippen molar-refractivity contribution >= 4 is 27.8 Å². The van der Waals surface area contributed by atoms with Gasteiger partial charge in [0.2, 0.25) is 0 Å². The van der Waals surface area contributed by atoms with Gasteiger partial charge in [-0.25, -0.2) is 4.68 Å². The Morgan fingerprint density at radius 1 is 1.14 bits per heavy atom. The molecule has 13 heteroatoms. The molecule has 9 nitrogen and oxygen atoms in total. The molecular formula is C30H33F3N4O5S. The van der Waals surface area contributed by atoms with Crippen molar-refractivity contribution in [3.05, 3.63) is 81.9 Å². The summed E-state index contributed by atoms with van der Waals surface area (Å²) >= 11 is 0. The molecule has 1 aromatic heterocycles. The Hall–Kier alpha value is -3.65. The molecule has 0 amide bonds. The fraction of sp³-hybridized carbons (Fsp3) is 0.367. The Kier molecular flexibility index (Phi) is 8.20. The van der Waals surface area contributed by atoms with Crippen LogP contribution in [-0.4, -0.2) is 53.1 Å². The predicted molar refractivity (Wildman–Crippen MR) is 156 cm³/mol. The van der Waals surface area contributed by atoms with Crippen molar-refractivity contribution in [2.75, 3.05) is 13.7 Å². The summed E-state index contributed by atoms with van der Waals surface area (Å²) in [6, 6.07) is 12.2. The van der Waals surface area contributed by atoms with Crippen LogP contribution in [0.1, 0.15) is 52.6 Å². The number of alkyl halides is 3. The monoisotopic (exact) mass is 618 g/mol. The van der Waals surface area contributed by atoms with Crippen LogP contribution >= 0.6 is 10.8 Å². The van der Waals surface area contributed by atoms with Gasteiger partial charge in [-0.2, -0.15) is 17.5 Å². The SMILES string of the molecule is COc1cc(C(CC(=O)O)c2ccc(C)c(CN3C[C@@H](C)Cc4ccc(C(F)(F)F)cc4S3(O)O)c2)cc2nnn(C)c12. The molecule has 0 radical (unpaired) electrons. The number of hydrogen-bond donors (Lipinski definition) is 3. The molecule has 1 unspecified atom stereocenters. The number of fused-ring (bicyclic) bond motifs is 2. The summed E-state index contributed by atoms with van der Waals surface area (Å²) in [4.78, 5) is 11.9. The lowest BCUT2D eigenvalue weighted by molar-refractivity contribution is -0.138. The molecule has 0 saturated carbocycles. The van der Waals surface area contributed by atoms with Gasteiger partial charge in [-0.05, 0) is 71.3 Å². The standard InChI is InChI=1S/C30H33F3N4O5S/c1-17-9-20-7-8-23(30(31,32)33)13-27(20)43(40,41)37(15-17)16-22-10-19(6-5-18(22)2)24(14-28(38)39)21-11-25-29(26(12-21)42-4)36(3)35-34-25/h5-8,10-13,17,24,40-41H,9,14-16H2,1-4H3,(H,38,39)/t17-,24?/m0/s1. The first kappa shape index (κ1) is 30.8. The minimum atomic E-state index is -4.63. The molecule has 0 fully saturated rings. The first-order valence-electron chi connectivity index (χ1n) is 13.6. The number of carboxylic acids is 1. The molecule has 0 aliphatic carbocycles. The molecule has 0 spiro atoms. The van der Waals surface area contributed by atoms with Gasteiger partial charge in [0.05, 0.1) is 24.0 Å². The van der Waals surface area contributed by atoms with E-state index < -0.39 is 34.4 Å². The van der Waals surface area contributed by atoms with E-state index in [-0.39, 0.29) is 30.3 Å². The van der Waals surface area contributed by atoms with E-state index in [0.29, 0.717) is 45.5 Å². The lowest BCUT2D eigenvalue weighted by Crippen LogP contribution is -2.30. The topological polar surface area (TPSA) is 121 Å². The normalized spacial score (nSPS) is 18.6. The first-order valence-corrected chi connectivity index (χ1v) is 15.1. The predicted octanol–water partition coefficient (Wildman–Crippen LogP) is 6.63. The summed E-state index contributed by atoms with van der Waals surface area (Å²) in [5, 5.41) is 18.1. The third-order valence-corrected chi connectivity index (χ3v) is 9.91. The van der Waals surface area contributed by atoms with Crippen molar-refractivity contribution in [2.45, 2.75) is 50.2 Å². The molecule has 0 bridgehead atoms. The quantitative estimate of drug-likeness (QED) is 0.211. The van der Waals surface area contributed by atoms with Crippen molar-refractivity contribution in [1.82, 2.24) is 19.3 Å². The average Bonchev–Trinajstić information content (AvgIpc) is 3.27. The second kappa shape index (κ2) is 11.5. The highest BCUT2D eigenvalue weighted by molar-refractivity contribution is 8.22. The van der Waals surface area contributed by atoms with Crippen molar-refractivity contribution in [2.24, 2.45) is 13.0 Å². The number of ether oxygens (including phenoxy) is 1. The number of rotatable bonds is 7. The molecular weight excluding hydrogens is 585 g/mol. The van der Waals surface area contributed by atoms with Crippen LogP contribution in [0.25, 0.3) is 11.0 Å². The summed E-state index contributed by atoms with van der Waals surface area (Å²) < 4.78 is 72.1. The highest BCUT2D eigenvalue weighted by Crippen LogP contribution is 2.57. The molecule has 3 N–H and O–H groups in total. The van der Waals surface area contributed by atoms with Gasteiger partial charge in [-0.3, -0.25) is 13.9 Å². The molecule has 5 rings (SSSR count). The summed E-state index contributed by atoms with van der Waals surface area (Å²) in [5.41, 5.74) is 3.59. The van der Waals surface area contributed by atoms with Gasteiger partial charge >= 0.3 is 12.1 Å². The number of aromatic nitrogens is 3. The van der Waals surface area contributed by atoms with Crippen LogP contribution in [0, 0.1) is 12.8 Å². The van der Waals surface area contributed by atoms with E-state index in [4.69, 9.17) is 4.74 Å².